The van der Waals surface area contributed by atoms with Crippen LogP contribution in [0.3, 0.4) is 0 Å². The molecule has 0 atom stereocenters. The number of hydrogen-bond donors (Lipinski definition) is 3. The number of para-hydroxylation sites is 1. The maximum atomic E-state index is 4.38. The summed E-state index contributed by atoms with van der Waals surface area (Å²) in [5.74, 6) is 0.970. The van der Waals surface area contributed by atoms with Crippen LogP contribution in [-0.4, -0.2) is 21.5 Å². The number of nitrogens with one attached hydrogen (secondary N) is 3. The first kappa shape index (κ1) is 11.0. The molecule has 0 saturated heterocycles. The van der Waals surface area contributed by atoms with Gasteiger partial charge in [-0.05, 0) is 12.6 Å². The Hall–Kier alpha value is -2.07. The lowest BCUT2D eigenvalue weighted by Gasteiger charge is -1.97. The molecule has 92 valence electrons. The van der Waals surface area contributed by atoms with E-state index in [0.29, 0.717) is 0 Å². The van der Waals surface area contributed by atoms with Gasteiger partial charge in [0, 0.05) is 22.7 Å². The molecule has 4 nitrogen and oxygen atoms in total. The standard InChI is InChI=1S/C14H16N4/c1-2-15-9-14-17-8-13(18-14)11-7-16-12-6-4-3-5-10(11)12/h3-8,15-16H,2,9H2,1H3,(H,17,18). The van der Waals surface area contributed by atoms with Gasteiger partial charge >= 0.3 is 0 Å². The highest BCUT2D eigenvalue weighted by Crippen LogP contribution is 2.26. The van der Waals surface area contributed by atoms with Gasteiger partial charge in [0.25, 0.3) is 0 Å². The zero-order valence-corrected chi connectivity index (χ0v) is 10.3. The van der Waals surface area contributed by atoms with Crippen LogP contribution in [0.1, 0.15) is 12.7 Å². The molecule has 0 saturated carbocycles. The third-order valence-corrected chi connectivity index (χ3v) is 3.05. The van der Waals surface area contributed by atoms with Crippen LogP contribution in [0.2, 0.25) is 0 Å². The Kier molecular flexibility index (Phi) is 2.86. The summed E-state index contributed by atoms with van der Waals surface area (Å²) in [6.45, 7) is 3.81. The maximum absolute atomic E-state index is 4.38. The van der Waals surface area contributed by atoms with Crippen LogP contribution in [0.4, 0.5) is 0 Å². The molecule has 0 fully saturated rings. The predicted octanol–water partition coefficient (Wildman–Crippen LogP) is 2.67. The average Bonchev–Trinajstić information content (AvgIpc) is 3.02. The van der Waals surface area contributed by atoms with Crippen molar-refractivity contribution in [2.45, 2.75) is 13.5 Å². The molecule has 3 N–H and O–H groups in total. The van der Waals surface area contributed by atoms with E-state index in [0.717, 1.165) is 30.1 Å². The molecule has 0 spiro atoms. The van der Waals surface area contributed by atoms with Crippen molar-refractivity contribution in [2.75, 3.05) is 6.54 Å². The molecular weight excluding hydrogens is 224 g/mol. The van der Waals surface area contributed by atoms with Gasteiger partial charge in [-0.2, -0.15) is 0 Å². The second kappa shape index (κ2) is 4.66. The minimum Gasteiger partial charge on any atom is -0.360 e. The second-order valence-corrected chi connectivity index (χ2v) is 4.27. The number of hydrogen-bond acceptors (Lipinski definition) is 2. The number of imidazole rings is 1. The van der Waals surface area contributed by atoms with E-state index in [1.165, 1.54) is 10.9 Å². The van der Waals surface area contributed by atoms with Crippen LogP contribution < -0.4 is 5.32 Å². The number of rotatable bonds is 4. The van der Waals surface area contributed by atoms with Crippen LogP contribution in [-0.2, 0) is 6.54 Å². The molecule has 0 aliphatic carbocycles. The van der Waals surface area contributed by atoms with Crippen LogP contribution in [0.15, 0.2) is 36.7 Å². The summed E-state index contributed by atoms with van der Waals surface area (Å²) >= 11 is 0. The SMILES string of the molecule is CCNCc1ncc(-c2c[nH]c3ccccc23)[nH]1. The number of nitrogens with zero attached hydrogens (tertiary/aromatic N) is 1. The summed E-state index contributed by atoms with van der Waals surface area (Å²) in [4.78, 5) is 11.0. The number of fused-ring (bicyclic) bond motifs is 1. The summed E-state index contributed by atoms with van der Waals surface area (Å²) in [5.41, 5.74) is 3.37. The van der Waals surface area contributed by atoms with Gasteiger partial charge in [0.2, 0.25) is 0 Å². The van der Waals surface area contributed by atoms with E-state index in [9.17, 15) is 0 Å². The molecule has 0 unspecified atom stereocenters. The molecule has 4 heteroatoms. The Morgan fingerprint density at radius 3 is 3.06 bits per heavy atom. The van der Waals surface area contributed by atoms with Crippen LogP contribution in [0.25, 0.3) is 22.2 Å². The first-order valence-corrected chi connectivity index (χ1v) is 6.19. The first-order valence-electron chi connectivity index (χ1n) is 6.19. The van der Waals surface area contributed by atoms with E-state index >= 15 is 0 Å². The lowest BCUT2D eigenvalue weighted by atomic mass is 10.1. The highest BCUT2D eigenvalue weighted by molar-refractivity contribution is 5.94. The summed E-state index contributed by atoms with van der Waals surface area (Å²) in [7, 11) is 0. The Morgan fingerprint density at radius 2 is 2.17 bits per heavy atom. The molecule has 3 rings (SSSR count). The van der Waals surface area contributed by atoms with Crippen LogP contribution in [0, 0.1) is 0 Å². The fourth-order valence-electron chi connectivity index (χ4n) is 2.13. The Bertz CT molecular complexity index is 650. The minimum absolute atomic E-state index is 0.777. The lowest BCUT2D eigenvalue weighted by molar-refractivity contribution is 0.698. The predicted molar refractivity (Wildman–Crippen MR) is 73.3 cm³/mol. The molecule has 0 aliphatic rings. The van der Waals surface area contributed by atoms with E-state index in [1.807, 2.05) is 18.5 Å². The molecule has 3 aromatic rings. The van der Waals surface area contributed by atoms with Crippen molar-refractivity contribution in [3.8, 4) is 11.3 Å². The van der Waals surface area contributed by atoms with Crippen molar-refractivity contribution in [3.05, 3.63) is 42.5 Å². The van der Waals surface area contributed by atoms with Crippen molar-refractivity contribution < 1.29 is 0 Å². The zero-order chi connectivity index (χ0) is 12.4. The fraction of sp³-hybridized carbons (Fsp3) is 0.214. The molecule has 0 radical (unpaired) electrons. The van der Waals surface area contributed by atoms with E-state index < -0.39 is 0 Å². The molecule has 0 amide bonds. The van der Waals surface area contributed by atoms with Gasteiger partial charge in [0.1, 0.15) is 5.82 Å². The molecular formula is C14H16N4. The third-order valence-electron chi connectivity index (χ3n) is 3.05. The van der Waals surface area contributed by atoms with Gasteiger partial charge in [-0.25, -0.2) is 4.98 Å². The van der Waals surface area contributed by atoms with Crippen molar-refractivity contribution in [1.29, 1.82) is 0 Å². The summed E-state index contributed by atoms with van der Waals surface area (Å²) < 4.78 is 0. The second-order valence-electron chi connectivity index (χ2n) is 4.27. The Labute approximate surface area is 105 Å². The van der Waals surface area contributed by atoms with Crippen LogP contribution >= 0.6 is 0 Å². The molecule has 2 aromatic heterocycles. The average molecular weight is 240 g/mol. The normalized spacial score (nSPS) is 11.2. The number of aromatic nitrogens is 3. The van der Waals surface area contributed by atoms with E-state index in [4.69, 9.17) is 0 Å². The highest BCUT2D eigenvalue weighted by atomic mass is 15.0. The van der Waals surface area contributed by atoms with Gasteiger partial charge in [0.15, 0.2) is 0 Å². The number of H-pyrrole nitrogens is 2. The smallest absolute Gasteiger partial charge is 0.120 e. The molecule has 18 heavy (non-hydrogen) atoms. The fourth-order valence-corrected chi connectivity index (χ4v) is 2.13. The van der Waals surface area contributed by atoms with E-state index in [-0.39, 0.29) is 0 Å². The lowest BCUT2D eigenvalue weighted by Crippen LogP contribution is -2.12. The van der Waals surface area contributed by atoms with Crippen molar-refractivity contribution in [3.63, 3.8) is 0 Å². The van der Waals surface area contributed by atoms with E-state index in [2.05, 4.69) is 45.4 Å². The first-order chi connectivity index (χ1) is 8.88. The summed E-state index contributed by atoms with van der Waals surface area (Å²) in [6, 6.07) is 8.28. The van der Waals surface area contributed by atoms with Crippen molar-refractivity contribution in [2.24, 2.45) is 0 Å². The minimum atomic E-state index is 0.777. The van der Waals surface area contributed by atoms with Gasteiger partial charge in [-0.15, -0.1) is 0 Å². The van der Waals surface area contributed by atoms with E-state index in [1.54, 1.807) is 0 Å². The largest absolute Gasteiger partial charge is 0.360 e. The molecule has 0 aliphatic heterocycles. The summed E-state index contributed by atoms with van der Waals surface area (Å²) in [5, 5.41) is 4.48. The molecule has 1 aromatic carbocycles. The third kappa shape index (κ3) is 1.91. The Balaban J connectivity index is 1.96. The highest BCUT2D eigenvalue weighted by Gasteiger charge is 2.08. The van der Waals surface area contributed by atoms with Gasteiger partial charge in [0.05, 0.1) is 18.4 Å². The Morgan fingerprint density at radius 1 is 1.28 bits per heavy atom. The summed E-state index contributed by atoms with van der Waals surface area (Å²) in [6.07, 6.45) is 3.91. The zero-order valence-electron chi connectivity index (χ0n) is 10.3. The van der Waals surface area contributed by atoms with Crippen molar-refractivity contribution >= 4 is 10.9 Å². The van der Waals surface area contributed by atoms with Crippen molar-refractivity contribution in [1.82, 2.24) is 20.3 Å². The van der Waals surface area contributed by atoms with Gasteiger partial charge < -0.3 is 15.3 Å². The monoisotopic (exact) mass is 240 g/mol. The quantitative estimate of drug-likeness (QED) is 0.656. The topological polar surface area (TPSA) is 56.5 Å². The molecule has 0 bridgehead atoms. The maximum Gasteiger partial charge on any atom is 0.120 e. The van der Waals surface area contributed by atoms with Gasteiger partial charge in [-0.3, -0.25) is 0 Å². The number of aromatic amines is 2. The van der Waals surface area contributed by atoms with Gasteiger partial charge in [-0.1, -0.05) is 25.1 Å². The number of benzene rings is 1. The molecule has 2 heterocycles. The van der Waals surface area contributed by atoms with Crippen LogP contribution in [0.5, 0.6) is 0 Å².